The van der Waals surface area contributed by atoms with Crippen LogP contribution in [0.3, 0.4) is 0 Å². The van der Waals surface area contributed by atoms with Crippen LogP contribution >= 0.6 is 0 Å². The number of aliphatic hydroxyl groups is 1. The molecule has 2 aromatic heterocycles. The molecule has 2 amide bonds. The van der Waals surface area contributed by atoms with Crippen molar-refractivity contribution in [2.75, 3.05) is 13.2 Å². The van der Waals surface area contributed by atoms with E-state index >= 15 is 0 Å². The molecule has 3 heterocycles. The molecule has 0 fully saturated rings. The second-order valence-corrected chi connectivity index (χ2v) is 10.0. The van der Waals surface area contributed by atoms with Crippen LogP contribution in [0.1, 0.15) is 28.7 Å². The first-order chi connectivity index (χ1) is 20.1. The molecule has 5 rings (SSSR count). The molecule has 0 aliphatic carbocycles. The maximum atomic E-state index is 14.6. The number of hydrogen-bond donors (Lipinski definition) is 4. The summed E-state index contributed by atoms with van der Waals surface area (Å²) >= 11 is 0. The number of carbonyl (C=O) groups is 2. The number of nitrogens with two attached hydrogens (primary N) is 1. The third kappa shape index (κ3) is 5.20. The lowest BCUT2D eigenvalue weighted by Crippen LogP contribution is -2.52. The molecule has 4 aromatic rings. The molecule has 2 aromatic carbocycles. The van der Waals surface area contributed by atoms with E-state index in [2.05, 4.69) is 14.7 Å². The number of H-pyrrole nitrogens is 1. The molecular formula is C28H22F6N4O5. The average molecular weight is 608 g/mol. The van der Waals surface area contributed by atoms with Gasteiger partial charge in [0.25, 0.3) is 5.91 Å². The summed E-state index contributed by atoms with van der Waals surface area (Å²) in [5.41, 5.74) is -1.22. The third-order valence-electron chi connectivity index (χ3n) is 7.22. The Bertz CT molecular complexity index is 1730. The number of ether oxygens (including phenoxy) is 2. The third-order valence-corrected chi connectivity index (χ3v) is 7.22. The Morgan fingerprint density at radius 3 is 2.51 bits per heavy atom. The van der Waals surface area contributed by atoms with Gasteiger partial charge in [-0.25, -0.2) is 9.37 Å². The van der Waals surface area contributed by atoms with E-state index in [-0.39, 0.29) is 51.5 Å². The standard InChI is InChI=1S/C28H22F6N4O5/c1-26(24(35)40)12-42-22-16(26)10-20(38-21(22)13-5-7-14(29)8-6-13)27(41,28(32,33)34)11-36-23(39)18-9-15-17(37-18)3-2-4-19(15)43-25(30)31/h2-10,25,37,41H,11-12H2,1H3,(H2,35,40)(H,36,39)/t26-,27-/m0/s1. The minimum atomic E-state index is -5.43. The number of aromatic amines is 1. The second-order valence-electron chi connectivity index (χ2n) is 10.0. The summed E-state index contributed by atoms with van der Waals surface area (Å²) in [6.45, 7) is -3.61. The number of benzene rings is 2. The molecule has 5 N–H and O–H groups in total. The second kappa shape index (κ2) is 10.5. The highest BCUT2D eigenvalue weighted by atomic mass is 19.4. The van der Waals surface area contributed by atoms with Gasteiger partial charge in [-0.2, -0.15) is 22.0 Å². The number of nitrogens with one attached hydrogen (secondary N) is 2. The van der Waals surface area contributed by atoms with E-state index in [1.54, 1.807) is 0 Å². The molecule has 15 heteroatoms. The van der Waals surface area contributed by atoms with Crippen molar-refractivity contribution in [2.24, 2.45) is 5.73 Å². The number of aromatic nitrogens is 2. The first kappa shape index (κ1) is 29.7. The molecular weight excluding hydrogens is 586 g/mol. The molecule has 1 aliphatic heterocycles. The number of pyridine rings is 1. The zero-order valence-electron chi connectivity index (χ0n) is 22.1. The van der Waals surface area contributed by atoms with Crippen molar-refractivity contribution >= 4 is 22.7 Å². The quantitative estimate of drug-likeness (QED) is 0.220. The highest BCUT2D eigenvalue weighted by Crippen LogP contribution is 2.47. The first-order valence-electron chi connectivity index (χ1n) is 12.5. The molecule has 0 spiro atoms. The Kier molecular flexibility index (Phi) is 7.24. The molecule has 0 radical (unpaired) electrons. The van der Waals surface area contributed by atoms with Crippen LogP contribution in [0.15, 0.2) is 54.6 Å². The zero-order chi connectivity index (χ0) is 31.3. The fraction of sp³-hybridized carbons (Fsp3) is 0.250. The highest BCUT2D eigenvalue weighted by molar-refractivity contribution is 5.99. The lowest BCUT2D eigenvalue weighted by Gasteiger charge is -2.31. The van der Waals surface area contributed by atoms with Crippen molar-refractivity contribution in [3.8, 4) is 22.8 Å². The summed E-state index contributed by atoms with van der Waals surface area (Å²) in [6.07, 6.45) is -5.43. The predicted molar refractivity (Wildman–Crippen MR) is 139 cm³/mol. The van der Waals surface area contributed by atoms with E-state index in [0.29, 0.717) is 0 Å². The van der Waals surface area contributed by atoms with Gasteiger partial charge in [0.2, 0.25) is 11.5 Å². The number of fused-ring (bicyclic) bond motifs is 2. The minimum absolute atomic E-state index is 0.0639. The molecule has 0 bridgehead atoms. The number of halogens is 6. The number of nitrogens with zero attached hydrogens (tertiary/aromatic N) is 1. The van der Waals surface area contributed by atoms with Gasteiger partial charge in [0.1, 0.15) is 40.7 Å². The van der Waals surface area contributed by atoms with Crippen LogP contribution in [-0.2, 0) is 15.8 Å². The highest BCUT2D eigenvalue weighted by Gasteiger charge is 2.57. The van der Waals surface area contributed by atoms with E-state index in [1.165, 1.54) is 37.3 Å². The molecule has 2 atom stereocenters. The molecule has 0 saturated carbocycles. The van der Waals surface area contributed by atoms with E-state index in [0.717, 1.165) is 24.3 Å². The van der Waals surface area contributed by atoms with Gasteiger partial charge in [-0.15, -0.1) is 0 Å². The topological polar surface area (TPSA) is 140 Å². The smallest absolute Gasteiger partial charge is 0.424 e. The van der Waals surface area contributed by atoms with Crippen LogP contribution in [0, 0.1) is 5.82 Å². The monoisotopic (exact) mass is 608 g/mol. The van der Waals surface area contributed by atoms with Gasteiger partial charge in [0.05, 0.1) is 12.2 Å². The molecule has 0 unspecified atom stereocenters. The lowest BCUT2D eigenvalue weighted by atomic mass is 9.81. The number of alkyl halides is 5. The average Bonchev–Trinajstić information content (AvgIpc) is 3.54. The van der Waals surface area contributed by atoms with Crippen LogP contribution in [0.2, 0.25) is 0 Å². The lowest BCUT2D eigenvalue weighted by molar-refractivity contribution is -0.265. The Hall–Kier alpha value is -4.79. The van der Waals surface area contributed by atoms with Crippen LogP contribution in [0.25, 0.3) is 22.2 Å². The Morgan fingerprint density at radius 2 is 1.88 bits per heavy atom. The van der Waals surface area contributed by atoms with E-state index in [9.17, 15) is 41.0 Å². The summed E-state index contributed by atoms with van der Waals surface area (Å²) in [7, 11) is 0. The van der Waals surface area contributed by atoms with Gasteiger partial charge in [-0.3, -0.25) is 9.59 Å². The first-order valence-corrected chi connectivity index (χ1v) is 12.5. The summed E-state index contributed by atoms with van der Waals surface area (Å²) in [4.78, 5) is 31.9. The summed E-state index contributed by atoms with van der Waals surface area (Å²) in [5.74, 6) is -3.03. The van der Waals surface area contributed by atoms with Crippen molar-refractivity contribution in [3.05, 3.63) is 77.4 Å². The van der Waals surface area contributed by atoms with Crippen molar-refractivity contribution in [2.45, 2.75) is 30.7 Å². The van der Waals surface area contributed by atoms with Gasteiger partial charge in [0.15, 0.2) is 0 Å². The molecule has 9 nitrogen and oxygen atoms in total. The van der Waals surface area contributed by atoms with Crippen LogP contribution in [0.4, 0.5) is 26.3 Å². The van der Waals surface area contributed by atoms with Crippen molar-refractivity contribution in [1.82, 2.24) is 15.3 Å². The van der Waals surface area contributed by atoms with Crippen LogP contribution in [0.5, 0.6) is 11.5 Å². The van der Waals surface area contributed by atoms with Gasteiger partial charge in [-0.1, -0.05) is 6.07 Å². The van der Waals surface area contributed by atoms with Crippen molar-refractivity contribution in [1.29, 1.82) is 0 Å². The van der Waals surface area contributed by atoms with Gasteiger partial charge in [-0.05, 0) is 55.5 Å². The molecule has 43 heavy (non-hydrogen) atoms. The van der Waals surface area contributed by atoms with Gasteiger partial charge >= 0.3 is 12.8 Å². The summed E-state index contributed by atoms with van der Waals surface area (Å²) in [5, 5.41) is 13.2. The minimum Gasteiger partial charge on any atom is -0.489 e. The normalized spacial score (nSPS) is 17.8. The maximum Gasteiger partial charge on any atom is 0.424 e. The van der Waals surface area contributed by atoms with Crippen molar-refractivity contribution < 1.29 is 50.5 Å². The van der Waals surface area contributed by atoms with Crippen molar-refractivity contribution in [3.63, 3.8) is 0 Å². The van der Waals surface area contributed by atoms with E-state index < -0.39 is 53.7 Å². The van der Waals surface area contributed by atoms with Gasteiger partial charge < -0.3 is 30.6 Å². The van der Waals surface area contributed by atoms with Crippen LogP contribution in [-0.4, -0.2) is 52.8 Å². The summed E-state index contributed by atoms with van der Waals surface area (Å²) < 4.78 is 92.9. The van der Waals surface area contributed by atoms with E-state index in [1.807, 2.05) is 5.32 Å². The Labute approximate surface area is 238 Å². The molecule has 1 aliphatic rings. The molecule has 226 valence electrons. The van der Waals surface area contributed by atoms with Crippen LogP contribution < -0.4 is 20.5 Å². The number of primary amides is 1. The maximum absolute atomic E-state index is 14.6. The van der Waals surface area contributed by atoms with Gasteiger partial charge in [0, 0.05) is 22.0 Å². The number of hydrogen-bond acceptors (Lipinski definition) is 6. The number of rotatable bonds is 8. The summed E-state index contributed by atoms with van der Waals surface area (Å²) in [6, 6.07) is 10.5. The SMILES string of the molecule is C[C@]1(C(N)=O)COc2c1cc([C@@](O)(CNC(=O)c1cc3c(OC(F)F)cccc3[nH]1)C(F)(F)F)nc2-c1ccc(F)cc1. The Balaban J connectivity index is 1.55. The zero-order valence-corrected chi connectivity index (χ0v) is 22.1. The number of carbonyl (C=O) groups excluding carboxylic acids is 2. The Morgan fingerprint density at radius 1 is 1.19 bits per heavy atom. The largest absolute Gasteiger partial charge is 0.489 e. The fourth-order valence-corrected chi connectivity index (χ4v) is 4.69. The fourth-order valence-electron chi connectivity index (χ4n) is 4.69. The van der Waals surface area contributed by atoms with E-state index in [4.69, 9.17) is 10.5 Å². The molecule has 0 saturated heterocycles. The number of amides is 2. The predicted octanol–water partition coefficient (Wildman–Crippen LogP) is 4.29.